The van der Waals surface area contributed by atoms with E-state index < -0.39 is 0 Å². The molecule has 0 fully saturated rings. The molecule has 0 radical (unpaired) electrons. The summed E-state index contributed by atoms with van der Waals surface area (Å²) in [5, 5.41) is 3.48. The summed E-state index contributed by atoms with van der Waals surface area (Å²) in [5.74, 6) is 10.9. The van der Waals surface area contributed by atoms with Crippen LogP contribution in [-0.4, -0.2) is 5.84 Å². The average molecular weight is 158 g/mol. The van der Waals surface area contributed by atoms with Gasteiger partial charge in [-0.05, 0) is 6.42 Å². The van der Waals surface area contributed by atoms with E-state index in [2.05, 4.69) is 17.5 Å². The van der Waals surface area contributed by atoms with E-state index >= 15 is 0 Å². The highest BCUT2D eigenvalue weighted by atomic mass is 15.3. The Labute approximate surface area is 68.0 Å². The first kappa shape index (κ1) is 10.2. The maximum absolute atomic E-state index is 5.14. The minimum atomic E-state index is 0.682. The molecule has 0 aliphatic heterocycles. The summed E-state index contributed by atoms with van der Waals surface area (Å²) in [7, 11) is 0. The number of unbranched alkanes of at least 4 members (excludes halogenated alkanes) is 3. The fraction of sp³-hybridized carbons (Fsp3) is 0.857. The molecule has 0 amide bonds. The molecule has 0 saturated carbocycles. The lowest BCUT2D eigenvalue weighted by Crippen LogP contribution is -2.31. The Morgan fingerprint density at radius 2 is 2.09 bits per heavy atom. The van der Waals surface area contributed by atoms with Gasteiger partial charge in [-0.25, -0.2) is 5.84 Å². The molecule has 0 bridgehead atoms. The average Bonchev–Trinajstić information content (AvgIpc) is 2.05. The number of nitrogens with zero attached hydrogens (tertiary/aromatic N) is 1. The highest BCUT2D eigenvalue weighted by molar-refractivity contribution is 5.81. The molecular weight excluding hydrogens is 140 g/mol. The first-order chi connectivity index (χ1) is 5.35. The molecule has 0 unspecified atom stereocenters. The van der Waals surface area contributed by atoms with Crippen molar-refractivity contribution in [2.75, 3.05) is 0 Å². The Hall–Kier alpha value is -0.770. The van der Waals surface area contributed by atoms with Crippen LogP contribution in [0.3, 0.4) is 0 Å². The molecule has 0 spiro atoms. The summed E-state index contributed by atoms with van der Waals surface area (Å²) in [6, 6.07) is 0. The first-order valence-corrected chi connectivity index (χ1v) is 4.08. The zero-order valence-electron chi connectivity index (χ0n) is 7.14. The lowest BCUT2D eigenvalue weighted by atomic mass is 10.1. The van der Waals surface area contributed by atoms with Gasteiger partial charge in [-0.1, -0.05) is 26.2 Å². The summed E-state index contributed by atoms with van der Waals surface area (Å²) in [5.41, 5.74) is 2.45. The van der Waals surface area contributed by atoms with Gasteiger partial charge in [-0.3, -0.25) is 0 Å². The van der Waals surface area contributed by atoms with Crippen LogP contribution in [0.2, 0.25) is 0 Å². The Kier molecular flexibility index (Phi) is 6.82. The third-order valence-corrected chi connectivity index (χ3v) is 1.59. The van der Waals surface area contributed by atoms with Gasteiger partial charge in [0.2, 0.25) is 0 Å². The van der Waals surface area contributed by atoms with Crippen molar-refractivity contribution in [1.29, 1.82) is 0 Å². The predicted octanol–water partition coefficient (Wildman–Crippen LogP) is 0.692. The van der Waals surface area contributed by atoms with Crippen molar-refractivity contribution in [3.8, 4) is 0 Å². The van der Waals surface area contributed by atoms with Gasteiger partial charge in [0.1, 0.15) is 5.84 Å². The molecule has 0 aliphatic carbocycles. The lowest BCUT2D eigenvalue weighted by Gasteiger charge is -2.02. The van der Waals surface area contributed by atoms with E-state index in [0.29, 0.717) is 5.84 Å². The molecule has 11 heavy (non-hydrogen) atoms. The zero-order chi connectivity index (χ0) is 8.53. The van der Waals surface area contributed by atoms with Gasteiger partial charge in [0.25, 0.3) is 0 Å². The third-order valence-electron chi connectivity index (χ3n) is 1.59. The number of rotatable bonds is 5. The summed E-state index contributed by atoms with van der Waals surface area (Å²) in [6.07, 6.45) is 5.69. The van der Waals surface area contributed by atoms with E-state index in [0.717, 1.165) is 12.8 Å². The minimum Gasteiger partial charge on any atom is -0.322 e. The largest absolute Gasteiger partial charge is 0.322 e. The van der Waals surface area contributed by atoms with Crippen LogP contribution < -0.4 is 17.1 Å². The number of hydrazone groups is 1. The highest BCUT2D eigenvalue weighted by Gasteiger charge is 1.94. The fourth-order valence-corrected chi connectivity index (χ4v) is 0.893. The second kappa shape index (κ2) is 7.34. The normalized spacial score (nSPS) is 11.6. The Balaban J connectivity index is 3.22. The van der Waals surface area contributed by atoms with E-state index in [9.17, 15) is 0 Å². The monoisotopic (exact) mass is 158 g/mol. The molecule has 4 heteroatoms. The lowest BCUT2D eigenvalue weighted by molar-refractivity contribution is 0.676. The second-order valence-corrected chi connectivity index (χ2v) is 2.53. The number of nitrogens with one attached hydrogen (secondary N) is 1. The number of hydrogen-bond donors (Lipinski definition) is 3. The van der Waals surface area contributed by atoms with Crippen molar-refractivity contribution in [3.63, 3.8) is 0 Å². The molecule has 5 N–H and O–H groups in total. The van der Waals surface area contributed by atoms with Crippen LogP contribution in [-0.2, 0) is 0 Å². The van der Waals surface area contributed by atoms with Gasteiger partial charge in [0, 0.05) is 6.42 Å². The van der Waals surface area contributed by atoms with Crippen molar-refractivity contribution in [3.05, 3.63) is 0 Å². The van der Waals surface area contributed by atoms with Gasteiger partial charge in [-0.15, -0.1) is 0 Å². The summed E-state index contributed by atoms with van der Waals surface area (Å²) < 4.78 is 0. The van der Waals surface area contributed by atoms with Gasteiger partial charge >= 0.3 is 0 Å². The number of nitrogens with two attached hydrogens (primary N) is 2. The third kappa shape index (κ3) is 5.66. The van der Waals surface area contributed by atoms with Crippen molar-refractivity contribution in [1.82, 2.24) is 5.43 Å². The smallest absolute Gasteiger partial charge is 0.135 e. The Bertz CT molecular complexity index is 111. The quantitative estimate of drug-likeness (QED) is 0.181. The molecule has 0 aliphatic rings. The van der Waals surface area contributed by atoms with E-state index in [1.54, 1.807) is 0 Å². The topological polar surface area (TPSA) is 76.4 Å². The van der Waals surface area contributed by atoms with Crippen molar-refractivity contribution >= 4 is 5.84 Å². The van der Waals surface area contributed by atoms with Crippen LogP contribution in [0.25, 0.3) is 0 Å². The van der Waals surface area contributed by atoms with E-state index in [1.807, 2.05) is 0 Å². The van der Waals surface area contributed by atoms with Gasteiger partial charge in [-0.2, -0.15) is 5.10 Å². The molecule has 0 rings (SSSR count). The van der Waals surface area contributed by atoms with Crippen LogP contribution in [0.4, 0.5) is 0 Å². The van der Waals surface area contributed by atoms with Crippen LogP contribution >= 0.6 is 0 Å². The van der Waals surface area contributed by atoms with Gasteiger partial charge in [0.05, 0.1) is 0 Å². The molecule has 4 nitrogen and oxygen atoms in total. The van der Waals surface area contributed by atoms with Crippen molar-refractivity contribution in [2.24, 2.45) is 16.8 Å². The Morgan fingerprint density at radius 1 is 1.36 bits per heavy atom. The molecule has 66 valence electrons. The maximum Gasteiger partial charge on any atom is 0.135 e. The SMILES string of the molecule is CCCCCCC(=NN)NN. The number of hydrazine groups is 1. The molecule has 0 saturated heterocycles. The fourth-order valence-electron chi connectivity index (χ4n) is 0.893. The summed E-state index contributed by atoms with van der Waals surface area (Å²) in [4.78, 5) is 0. The molecule has 0 atom stereocenters. The predicted molar refractivity (Wildman–Crippen MR) is 47.7 cm³/mol. The van der Waals surface area contributed by atoms with Crippen LogP contribution in [0.1, 0.15) is 39.0 Å². The maximum atomic E-state index is 5.14. The number of amidine groups is 1. The molecule has 0 aromatic carbocycles. The summed E-state index contributed by atoms with van der Waals surface area (Å²) >= 11 is 0. The van der Waals surface area contributed by atoms with E-state index in [4.69, 9.17) is 11.7 Å². The number of hydrogen-bond acceptors (Lipinski definition) is 3. The van der Waals surface area contributed by atoms with Crippen LogP contribution in [0.5, 0.6) is 0 Å². The molecule has 0 aromatic rings. The van der Waals surface area contributed by atoms with Crippen molar-refractivity contribution < 1.29 is 0 Å². The Morgan fingerprint density at radius 3 is 2.55 bits per heavy atom. The second-order valence-electron chi connectivity index (χ2n) is 2.53. The first-order valence-electron chi connectivity index (χ1n) is 4.08. The molecule has 0 heterocycles. The van der Waals surface area contributed by atoms with E-state index in [-0.39, 0.29) is 0 Å². The standard InChI is InChI=1S/C7H18N4/c1-2-3-4-5-6-7(10-8)11-9/h2-6,8-9H2,1H3,(H,10,11). The zero-order valence-corrected chi connectivity index (χ0v) is 7.14. The molecule has 0 aromatic heterocycles. The highest BCUT2D eigenvalue weighted by Crippen LogP contribution is 2.01. The van der Waals surface area contributed by atoms with Crippen LogP contribution in [0, 0.1) is 0 Å². The van der Waals surface area contributed by atoms with Crippen LogP contribution in [0.15, 0.2) is 5.10 Å². The van der Waals surface area contributed by atoms with Gasteiger partial charge < -0.3 is 11.3 Å². The minimum absolute atomic E-state index is 0.682. The van der Waals surface area contributed by atoms with E-state index in [1.165, 1.54) is 19.3 Å². The van der Waals surface area contributed by atoms with Crippen molar-refractivity contribution in [2.45, 2.75) is 39.0 Å². The summed E-state index contributed by atoms with van der Waals surface area (Å²) in [6.45, 7) is 2.18. The van der Waals surface area contributed by atoms with Gasteiger partial charge in [0.15, 0.2) is 0 Å². The molecular formula is C7H18N4.